The molecule has 0 heterocycles. The van der Waals surface area contributed by atoms with E-state index in [1.807, 2.05) is 7.05 Å². The average Bonchev–Trinajstić information content (AvgIpc) is 2.24. The summed E-state index contributed by atoms with van der Waals surface area (Å²) in [6.45, 7) is 3.97. The molecule has 0 spiro atoms. The van der Waals surface area contributed by atoms with Crippen LogP contribution in [0.4, 0.5) is 0 Å². The van der Waals surface area contributed by atoms with Gasteiger partial charge in [0.2, 0.25) is 0 Å². The van der Waals surface area contributed by atoms with Crippen molar-refractivity contribution < 1.29 is 4.74 Å². The zero-order valence-electron chi connectivity index (χ0n) is 10.7. The van der Waals surface area contributed by atoms with E-state index >= 15 is 0 Å². The highest BCUT2D eigenvalue weighted by atomic mass is 16.5. The first-order chi connectivity index (χ1) is 7.76. The largest absolute Gasteiger partial charge is 0.380 e. The quantitative estimate of drug-likeness (QED) is 0.715. The Morgan fingerprint density at radius 2 is 1.88 bits per heavy atom. The molecule has 0 atom stereocenters. The number of methoxy groups -OCH3 is 1. The minimum atomic E-state index is 0.713. The number of aryl methyl sites for hydroxylation is 2. The minimum absolute atomic E-state index is 0.713. The van der Waals surface area contributed by atoms with E-state index in [4.69, 9.17) is 4.74 Å². The molecular weight excluding hydrogens is 198 g/mol. The van der Waals surface area contributed by atoms with Crippen LogP contribution in [0.1, 0.15) is 29.5 Å². The molecule has 0 bridgehead atoms. The lowest BCUT2D eigenvalue weighted by molar-refractivity contribution is 0.185. The molecule has 0 aliphatic rings. The van der Waals surface area contributed by atoms with Crippen LogP contribution >= 0.6 is 0 Å². The second-order valence-electron chi connectivity index (χ2n) is 4.32. The molecule has 0 radical (unpaired) electrons. The minimum Gasteiger partial charge on any atom is -0.380 e. The average molecular weight is 221 g/mol. The molecule has 0 fully saturated rings. The van der Waals surface area contributed by atoms with Crippen LogP contribution in [0, 0.1) is 6.92 Å². The van der Waals surface area contributed by atoms with Crippen molar-refractivity contribution in [2.75, 3.05) is 20.7 Å². The molecule has 1 N–H and O–H groups in total. The second kappa shape index (κ2) is 7.42. The van der Waals surface area contributed by atoms with Gasteiger partial charge in [-0.25, -0.2) is 0 Å². The van der Waals surface area contributed by atoms with Crippen LogP contribution in [-0.2, 0) is 17.8 Å². The molecule has 0 saturated heterocycles. The first-order valence-electron chi connectivity index (χ1n) is 5.99. The molecule has 0 aliphatic carbocycles. The maximum atomic E-state index is 5.17. The van der Waals surface area contributed by atoms with Crippen LogP contribution in [0.3, 0.4) is 0 Å². The molecular formula is C14H23NO. The predicted octanol–water partition coefficient (Wildman–Crippen LogP) is 2.68. The van der Waals surface area contributed by atoms with Crippen molar-refractivity contribution in [3.05, 3.63) is 34.9 Å². The summed E-state index contributed by atoms with van der Waals surface area (Å²) in [4.78, 5) is 0. The number of unbranched alkanes of at least 4 members (excludes halogenated alkanes) is 1. The van der Waals surface area contributed by atoms with Gasteiger partial charge in [-0.2, -0.15) is 0 Å². The summed E-state index contributed by atoms with van der Waals surface area (Å²) in [6, 6.07) is 6.73. The lowest BCUT2D eigenvalue weighted by atomic mass is 10.0. The van der Waals surface area contributed by atoms with Crippen LogP contribution in [0.25, 0.3) is 0 Å². The van der Waals surface area contributed by atoms with Crippen molar-refractivity contribution in [3.63, 3.8) is 0 Å². The number of benzene rings is 1. The normalized spacial score (nSPS) is 10.7. The monoisotopic (exact) mass is 221 g/mol. The summed E-state index contributed by atoms with van der Waals surface area (Å²) in [6.07, 6.45) is 3.65. The lowest BCUT2D eigenvalue weighted by Crippen LogP contribution is -2.07. The second-order valence-corrected chi connectivity index (χ2v) is 4.32. The first kappa shape index (κ1) is 13.2. The van der Waals surface area contributed by atoms with Crippen LogP contribution in [0.15, 0.2) is 18.2 Å². The Balaban J connectivity index is 2.51. The molecule has 2 heteroatoms. The topological polar surface area (TPSA) is 21.3 Å². The third-order valence-electron chi connectivity index (χ3n) is 2.65. The van der Waals surface area contributed by atoms with Gasteiger partial charge in [-0.1, -0.05) is 23.8 Å². The fourth-order valence-electron chi connectivity index (χ4n) is 1.97. The van der Waals surface area contributed by atoms with Crippen molar-refractivity contribution in [3.8, 4) is 0 Å². The molecule has 90 valence electrons. The zero-order chi connectivity index (χ0) is 11.8. The lowest BCUT2D eigenvalue weighted by Gasteiger charge is -2.07. The summed E-state index contributed by atoms with van der Waals surface area (Å²) in [7, 11) is 3.75. The fourth-order valence-corrected chi connectivity index (χ4v) is 1.97. The fraction of sp³-hybridized carbons (Fsp3) is 0.571. The first-order valence-corrected chi connectivity index (χ1v) is 5.99. The van der Waals surface area contributed by atoms with Crippen molar-refractivity contribution in [2.24, 2.45) is 0 Å². The Morgan fingerprint density at radius 1 is 1.12 bits per heavy atom. The Hall–Kier alpha value is -0.860. The summed E-state index contributed by atoms with van der Waals surface area (Å²) < 4.78 is 5.17. The standard InChI is InChI=1S/C14H23NO/c1-12-8-13(6-4-5-7-15-2)10-14(9-12)11-16-3/h8-10,15H,4-7,11H2,1-3H3. The van der Waals surface area contributed by atoms with E-state index < -0.39 is 0 Å². The van der Waals surface area contributed by atoms with E-state index in [-0.39, 0.29) is 0 Å². The smallest absolute Gasteiger partial charge is 0.0713 e. The summed E-state index contributed by atoms with van der Waals surface area (Å²) in [5, 5.41) is 3.18. The van der Waals surface area contributed by atoms with E-state index in [0.29, 0.717) is 6.61 Å². The molecule has 0 amide bonds. The number of nitrogens with one attached hydrogen (secondary N) is 1. The van der Waals surface area contributed by atoms with E-state index in [0.717, 1.165) is 6.54 Å². The van der Waals surface area contributed by atoms with Gasteiger partial charge in [0.1, 0.15) is 0 Å². The van der Waals surface area contributed by atoms with Gasteiger partial charge in [0, 0.05) is 7.11 Å². The number of hydrogen-bond acceptors (Lipinski definition) is 2. The Bertz CT molecular complexity index is 310. The Labute approximate surface area is 99.0 Å². The molecule has 1 aromatic rings. The number of ether oxygens (including phenoxy) is 1. The van der Waals surface area contributed by atoms with E-state index in [1.165, 1.54) is 36.0 Å². The van der Waals surface area contributed by atoms with Gasteiger partial charge in [0.25, 0.3) is 0 Å². The van der Waals surface area contributed by atoms with Gasteiger partial charge in [-0.15, -0.1) is 0 Å². The maximum absolute atomic E-state index is 5.17. The Morgan fingerprint density at radius 3 is 2.56 bits per heavy atom. The molecule has 2 nitrogen and oxygen atoms in total. The predicted molar refractivity (Wildman–Crippen MR) is 68.8 cm³/mol. The van der Waals surface area contributed by atoms with Crippen molar-refractivity contribution >= 4 is 0 Å². The van der Waals surface area contributed by atoms with Gasteiger partial charge in [0.05, 0.1) is 6.61 Å². The molecule has 0 aromatic heterocycles. The van der Waals surface area contributed by atoms with Crippen molar-refractivity contribution in [2.45, 2.75) is 32.8 Å². The maximum Gasteiger partial charge on any atom is 0.0713 e. The SMILES string of the molecule is CNCCCCc1cc(C)cc(COC)c1. The van der Waals surface area contributed by atoms with Crippen LogP contribution < -0.4 is 5.32 Å². The third kappa shape index (κ3) is 4.77. The van der Waals surface area contributed by atoms with Crippen molar-refractivity contribution in [1.29, 1.82) is 0 Å². The molecule has 16 heavy (non-hydrogen) atoms. The van der Waals surface area contributed by atoms with Crippen LogP contribution in [0.2, 0.25) is 0 Å². The molecule has 0 saturated carbocycles. The van der Waals surface area contributed by atoms with Crippen LogP contribution in [0.5, 0.6) is 0 Å². The molecule has 1 rings (SSSR count). The molecule has 1 aromatic carbocycles. The molecule has 0 aliphatic heterocycles. The van der Waals surface area contributed by atoms with E-state index in [9.17, 15) is 0 Å². The number of hydrogen-bond donors (Lipinski definition) is 1. The zero-order valence-corrected chi connectivity index (χ0v) is 10.7. The summed E-state index contributed by atoms with van der Waals surface area (Å²) in [5.74, 6) is 0. The number of rotatable bonds is 7. The highest BCUT2D eigenvalue weighted by Gasteiger charge is 1.99. The van der Waals surface area contributed by atoms with E-state index in [1.54, 1.807) is 7.11 Å². The Kier molecular flexibility index (Phi) is 6.12. The van der Waals surface area contributed by atoms with Gasteiger partial charge in [0.15, 0.2) is 0 Å². The van der Waals surface area contributed by atoms with Gasteiger partial charge in [-0.05, 0) is 50.9 Å². The molecule has 0 unspecified atom stereocenters. The third-order valence-corrected chi connectivity index (χ3v) is 2.65. The van der Waals surface area contributed by atoms with Gasteiger partial charge < -0.3 is 10.1 Å². The summed E-state index contributed by atoms with van der Waals surface area (Å²) in [5.41, 5.74) is 4.05. The van der Waals surface area contributed by atoms with Crippen molar-refractivity contribution in [1.82, 2.24) is 5.32 Å². The van der Waals surface area contributed by atoms with Gasteiger partial charge in [-0.3, -0.25) is 0 Å². The highest BCUT2D eigenvalue weighted by Crippen LogP contribution is 2.13. The summed E-state index contributed by atoms with van der Waals surface area (Å²) >= 11 is 0. The van der Waals surface area contributed by atoms with Gasteiger partial charge >= 0.3 is 0 Å². The highest BCUT2D eigenvalue weighted by molar-refractivity contribution is 5.29. The van der Waals surface area contributed by atoms with Crippen LogP contribution in [-0.4, -0.2) is 20.7 Å². The van der Waals surface area contributed by atoms with E-state index in [2.05, 4.69) is 30.4 Å².